The summed E-state index contributed by atoms with van der Waals surface area (Å²) in [6, 6.07) is 16.7. The average Bonchev–Trinajstić information content (AvgIpc) is 2.61. The fourth-order valence-electron chi connectivity index (χ4n) is 2.52. The van der Waals surface area contributed by atoms with Crippen molar-refractivity contribution in [3.63, 3.8) is 0 Å². The molecule has 1 N–H and O–H groups in total. The second-order valence-electron chi connectivity index (χ2n) is 6.74. The molecule has 2 aromatic rings. The first kappa shape index (κ1) is 20.4. The molecule has 0 fully saturated rings. The van der Waals surface area contributed by atoms with Crippen LogP contribution in [0.1, 0.15) is 37.0 Å². The lowest BCUT2D eigenvalue weighted by molar-refractivity contribution is -0.118. The minimum Gasteiger partial charge on any atom is -0.491 e. The lowest BCUT2D eigenvalue weighted by atomic mass is 10.1. The van der Waals surface area contributed by atoms with Crippen LogP contribution < -0.4 is 10.1 Å². The minimum atomic E-state index is 0.114. The number of benzene rings is 2. The predicted octanol–water partition coefficient (Wildman–Crippen LogP) is 4.76. The Morgan fingerprint density at radius 2 is 1.69 bits per heavy atom. The van der Waals surface area contributed by atoms with E-state index in [9.17, 15) is 4.79 Å². The Labute approximate surface area is 161 Å². The van der Waals surface area contributed by atoms with Crippen molar-refractivity contribution >= 4 is 17.7 Å². The van der Waals surface area contributed by atoms with Crippen molar-refractivity contribution in [1.29, 1.82) is 0 Å². The summed E-state index contributed by atoms with van der Waals surface area (Å²) in [5, 5.41) is 3.00. The molecule has 0 aromatic heterocycles. The van der Waals surface area contributed by atoms with Crippen LogP contribution in [0.4, 0.5) is 0 Å². The Morgan fingerprint density at radius 3 is 2.35 bits per heavy atom. The predicted molar refractivity (Wildman–Crippen MR) is 111 cm³/mol. The number of carbonyl (C=O) groups excluding carboxylic acids is 1. The molecule has 0 unspecified atom stereocenters. The largest absolute Gasteiger partial charge is 0.491 e. The number of carbonyl (C=O) groups is 1. The van der Waals surface area contributed by atoms with Crippen LogP contribution in [0.5, 0.6) is 5.75 Å². The third-order valence-electron chi connectivity index (χ3n) is 3.88. The van der Waals surface area contributed by atoms with Crippen molar-refractivity contribution in [1.82, 2.24) is 5.32 Å². The van der Waals surface area contributed by atoms with Crippen molar-refractivity contribution in [3.8, 4) is 5.75 Å². The van der Waals surface area contributed by atoms with E-state index in [1.54, 1.807) is 11.8 Å². The molecule has 0 aliphatic rings. The molecule has 0 atom stereocenters. The normalized spacial score (nSPS) is 10.8. The molecular weight excluding hydrogens is 342 g/mol. The van der Waals surface area contributed by atoms with Crippen molar-refractivity contribution in [2.75, 3.05) is 12.3 Å². The van der Waals surface area contributed by atoms with Crippen LogP contribution >= 0.6 is 11.8 Å². The Morgan fingerprint density at radius 1 is 1.04 bits per heavy atom. The van der Waals surface area contributed by atoms with Gasteiger partial charge >= 0.3 is 0 Å². The highest BCUT2D eigenvalue weighted by atomic mass is 32.2. The van der Waals surface area contributed by atoms with E-state index in [4.69, 9.17) is 4.74 Å². The summed E-state index contributed by atoms with van der Waals surface area (Å²) in [5.74, 6) is 2.40. The molecular formula is C22H29NO2S. The van der Waals surface area contributed by atoms with Crippen LogP contribution in [-0.4, -0.2) is 24.3 Å². The number of amides is 1. The summed E-state index contributed by atoms with van der Waals surface area (Å²) < 4.78 is 5.64. The van der Waals surface area contributed by atoms with E-state index in [0.29, 0.717) is 12.3 Å². The van der Waals surface area contributed by atoms with E-state index < -0.39 is 0 Å². The summed E-state index contributed by atoms with van der Waals surface area (Å²) in [6.45, 7) is 6.84. The van der Waals surface area contributed by atoms with Crippen LogP contribution in [0.3, 0.4) is 0 Å². The van der Waals surface area contributed by atoms with Gasteiger partial charge < -0.3 is 10.1 Å². The van der Waals surface area contributed by atoms with Gasteiger partial charge in [0.2, 0.25) is 5.91 Å². The molecule has 0 aliphatic carbocycles. The molecule has 0 saturated carbocycles. The fourth-order valence-corrected chi connectivity index (χ4v) is 3.34. The van der Waals surface area contributed by atoms with Crippen LogP contribution in [0.2, 0.25) is 0 Å². The molecule has 1 amide bonds. The van der Waals surface area contributed by atoms with Crippen LogP contribution in [0.15, 0.2) is 48.5 Å². The second kappa shape index (κ2) is 10.9. The summed E-state index contributed by atoms with van der Waals surface area (Å²) in [7, 11) is 0. The number of hydrogen-bond donors (Lipinski definition) is 1. The van der Waals surface area contributed by atoms with Gasteiger partial charge in [-0.1, -0.05) is 42.0 Å². The smallest absolute Gasteiger partial charge is 0.230 e. The SMILES string of the molecule is Cc1ccc(CSCC(=O)NCCCc2ccc(OC(C)C)cc2)cc1. The van der Waals surface area contributed by atoms with E-state index in [1.807, 2.05) is 26.0 Å². The second-order valence-corrected chi connectivity index (χ2v) is 7.73. The number of rotatable bonds is 10. The molecule has 0 heterocycles. The number of nitrogens with one attached hydrogen (secondary N) is 1. The van der Waals surface area contributed by atoms with Gasteiger partial charge in [0.05, 0.1) is 11.9 Å². The molecule has 26 heavy (non-hydrogen) atoms. The third kappa shape index (κ3) is 7.96. The first-order valence-corrected chi connectivity index (χ1v) is 10.3. The van der Waals surface area contributed by atoms with Gasteiger partial charge in [-0.05, 0) is 56.9 Å². The Kier molecular flexibility index (Phi) is 8.56. The molecule has 4 heteroatoms. The monoisotopic (exact) mass is 371 g/mol. The summed E-state index contributed by atoms with van der Waals surface area (Å²) in [5.41, 5.74) is 3.79. The molecule has 0 spiro atoms. The van der Waals surface area contributed by atoms with Gasteiger partial charge in [0.25, 0.3) is 0 Å². The fraction of sp³-hybridized carbons (Fsp3) is 0.409. The number of aryl methyl sites for hydroxylation is 2. The topological polar surface area (TPSA) is 38.3 Å². The Hall–Kier alpha value is -1.94. The van der Waals surface area contributed by atoms with Gasteiger partial charge in [-0.3, -0.25) is 4.79 Å². The molecule has 0 bridgehead atoms. The van der Waals surface area contributed by atoms with Crippen molar-refractivity contribution in [3.05, 3.63) is 65.2 Å². The number of ether oxygens (including phenoxy) is 1. The first-order chi connectivity index (χ1) is 12.5. The highest BCUT2D eigenvalue weighted by molar-refractivity contribution is 7.99. The standard InChI is InChI=1S/C22H29NO2S/c1-17(2)25-21-12-10-19(11-13-21)5-4-14-23-22(24)16-26-15-20-8-6-18(3)7-9-20/h6-13,17H,4-5,14-16H2,1-3H3,(H,23,24). The lowest BCUT2D eigenvalue weighted by Crippen LogP contribution is -2.26. The van der Waals surface area contributed by atoms with Gasteiger partial charge in [-0.15, -0.1) is 11.8 Å². The van der Waals surface area contributed by atoms with Crippen molar-refractivity contribution in [2.24, 2.45) is 0 Å². The molecule has 0 saturated heterocycles. The highest BCUT2D eigenvalue weighted by Gasteiger charge is 2.03. The van der Waals surface area contributed by atoms with Gasteiger partial charge in [0.15, 0.2) is 0 Å². The van der Waals surface area contributed by atoms with E-state index in [1.165, 1.54) is 16.7 Å². The maximum atomic E-state index is 11.9. The van der Waals surface area contributed by atoms with E-state index in [0.717, 1.165) is 24.3 Å². The number of thioether (sulfide) groups is 1. The van der Waals surface area contributed by atoms with Gasteiger partial charge in [-0.2, -0.15) is 0 Å². The highest BCUT2D eigenvalue weighted by Crippen LogP contribution is 2.15. The molecule has 2 rings (SSSR count). The molecule has 2 aromatic carbocycles. The first-order valence-electron chi connectivity index (χ1n) is 9.18. The van der Waals surface area contributed by atoms with E-state index in [2.05, 4.69) is 48.6 Å². The zero-order valence-electron chi connectivity index (χ0n) is 16.0. The Bertz CT molecular complexity index is 666. The quantitative estimate of drug-likeness (QED) is 0.612. The van der Waals surface area contributed by atoms with Gasteiger partial charge in [0.1, 0.15) is 5.75 Å². The van der Waals surface area contributed by atoms with Crippen molar-refractivity contribution in [2.45, 2.75) is 45.5 Å². The van der Waals surface area contributed by atoms with Gasteiger partial charge in [0, 0.05) is 12.3 Å². The maximum absolute atomic E-state index is 11.9. The van der Waals surface area contributed by atoms with Crippen LogP contribution in [-0.2, 0) is 17.0 Å². The molecule has 0 aliphatic heterocycles. The summed E-state index contributed by atoms with van der Waals surface area (Å²) >= 11 is 1.66. The minimum absolute atomic E-state index is 0.114. The zero-order valence-corrected chi connectivity index (χ0v) is 16.8. The summed E-state index contributed by atoms with van der Waals surface area (Å²) in [6.07, 6.45) is 2.09. The number of hydrogen-bond acceptors (Lipinski definition) is 3. The van der Waals surface area contributed by atoms with Gasteiger partial charge in [-0.25, -0.2) is 0 Å². The Balaban J connectivity index is 1.57. The summed E-state index contributed by atoms with van der Waals surface area (Å²) in [4.78, 5) is 11.9. The van der Waals surface area contributed by atoms with E-state index >= 15 is 0 Å². The maximum Gasteiger partial charge on any atom is 0.230 e. The lowest BCUT2D eigenvalue weighted by Gasteiger charge is -2.10. The van der Waals surface area contributed by atoms with Crippen molar-refractivity contribution < 1.29 is 9.53 Å². The van der Waals surface area contributed by atoms with E-state index in [-0.39, 0.29) is 12.0 Å². The average molecular weight is 372 g/mol. The molecule has 140 valence electrons. The molecule has 3 nitrogen and oxygen atoms in total. The van der Waals surface area contributed by atoms with Crippen LogP contribution in [0.25, 0.3) is 0 Å². The zero-order chi connectivity index (χ0) is 18.8. The third-order valence-corrected chi connectivity index (χ3v) is 4.89. The molecule has 0 radical (unpaired) electrons. The van der Waals surface area contributed by atoms with Crippen LogP contribution in [0, 0.1) is 6.92 Å².